The molecule has 9 heteroatoms. The van der Waals surface area contributed by atoms with Gasteiger partial charge in [-0.25, -0.2) is 9.78 Å². The molecule has 2 amide bonds. The van der Waals surface area contributed by atoms with E-state index in [1.54, 1.807) is 23.6 Å². The van der Waals surface area contributed by atoms with E-state index in [0.29, 0.717) is 33.2 Å². The molecule has 0 saturated heterocycles. The lowest BCUT2D eigenvalue weighted by Crippen LogP contribution is -2.27. The molecule has 3 N–H and O–H groups in total. The molecule has 2 heterocycles. The van der Waals surface area contributed by atoms with E-state index in [4.69, 9.17) is 23.2 Å². The van der Waals surface area contributed by atoms with Gasteiger partial charge in [0.2, 0.25) is 0 Å². The van der Waals surface area contributed by atoms with Crippen molar-refractivity contribution in [1.82, 2.24) is 4.98 Å². The summed E-state index contributed by atoms with van der Waals surface area (Å²) in [6.07, 6.45) is 0. The number of benzene rings is 2. The number of fused-ring (bicyclic) bond motifs is 1. The lowest BCUT2D eigenvalue weighted by atomic mass is 9.87. The fourth-order valence-electron chi connectivity index (χ4n) is 3.63. The van der Waals surface area contributed by atoms with Gasteiger partial charge in [-0.05, 0) is 24.3 Å². The van der Waals surface area contributed by atoms with Gasteiger partial charge in [-0.2, -0.15) is 0 Å². The van der Waals surface area contributed by atoms with E-state index in [-0.39, 0.29) is 11.2 Å². The van der Waals surface area contributed by atoms with Crippen molar-refractivity contribution in [3.05, 3.63) is 56.8 Å². The number of aromatic nitrogens is 1. The Morgan fingerprint density at radius 2 is 1.97 bits per heavy atom. The van der Waals surface area contributed by atoms with Crippen LogP contribution in [0, 0.1) is 0 Å². The minimum atomic E-state index is -0.437. The van der Waals surface area contributed by atoms with Crippen LogP contribution in [0.15, 0.2) is 41.8 Å². The molecule has 4 rings (SSSR count). The molecular formula is C20H18Cl2N4O2S. The Bertz CT molecular complexity index is 1100. The van der Waals surface area contributed by atoms with Gasteiger partial charge in [-0.15, -0.1) is 11.3 Å². The Hall–Kier alpha value is -2.48. The maximum atomic E-state index is 12.5. The first-order valence-electron chi connectivity index (χ1n) is 8.84. The average Bonchev–Trinajstić information content (AvgIpc) is 3.19. The second-order valence-electron chi connectivity index (χ2n) is 7.34. The third-order valence-corrected chi connectivity index (χ3v) is 6.06. The van der Waals surface area contributed by atoms with E-state index in [0.717, 1.165) is 11.3 Å². The fraction of sp³-hybridized carbons (Fsp3) is 0.200. The number of carbonyl (C=O) groups excluding carboxylic acids is 1. The van der Waals surface area contributed by atoms with Crippen LogP contribution in [0.2, 0.25) is 9.49 Å². The maximum Gasteiger partial charge on any atom is 0.324 e. The van der Waals surface area contributed by atoms with Crippen LogP contribution in [0.1, 0.15) is 19.4 Å². The van der Waals surface area contributed by atoms with Crippen LogP contribution in [-0.4, -0.2) is 22.7 Å². The van der Waals surface area contributed by atoms with Crippen LogP contribution in [-0.2, 0) is 5.41 Å². The van der Waals surface area contributed by atoms with E-state index >= 15 is 0 Å². The average molecular weight is 449 g/mol. The summed E-state index contributed by atoms with van der Waals surface area (Å²) in [5.74, 6) is 0.526. The van der Waals surface area contributed by atoms with E-state index in [9.17, 15) is 9.90 Å². The molecule has 1 aromatic heterocycles. The molecule has 1 aliphatic heterocycles. The number of phenolic OH excluding ortho intramolecular Hbond substituents is 1. The highest BCUT2D eigenvalue weighted by Gasteiger charge is 2.40. The van der Waals surface area contributed by atoms with Gasteiger partial charge < -0.3 is 15.3 Å². The molecule has 3 aromatic rings. The molecule has 1 aliphatic rings. The molecule has 29 heavy (non-hydrogen) atoms. The number of halogens is 2. The smallest absolute Gasteiger partial charge is 0.324 e. The molecule has 0 spiro atoms. The predicted octanol–water partition coefficient (Wildman–Crippen LogP) is 6.23. The molecule has 0 atom stereocenters. The van der Waals surface area contributed by atoms with Gasteiger partial charge in [0.25, 0.3) is 0 Å². The molecule has 0 fully saturated rings. The first-order chi connectivity index (χ1) is 13.8. The number of nitrogens with zero attached hydrogens (tertiary/aromatic N) is 2. The summed E-state index contributed by atoms with van der Waals surface area (Å²) in [5, 5.41) is 18.3. The van der Waals surface area contributed by atoms with E-state index < -0.39 is 6.03 Å². The zero-order chi connectivity index (χ0) is 20.8. The molecule has 6 nitrogen and oxygen atoms in total. The molecule has 0 saturated carbocycles. The van der Waals surface area contributed by atoms with Gasteiger partial charge in [0.15, 0.2) is 4.47 Å². The molecule has 2 aromatic carbocycles. The zero-order valence-corrected chi connectivity index (χ0v) is 18.0. The summed E-state index contributed by atoms with van der Waals surface area (Å²) < 4.78 is 0.351. The van der Waals surface area contributed by atoms with Crippen LogP contribution >= 0.6 is 34.5 Å². The Morgan fingerprint density at radius 3 is 2.69 bits per heavy atom. The highest BCUT2D eigenvalue weighted by Crippen LogP contribution is 2.52. The van der Waals surface area contributed by atoms with Crippen molar-refractivity contribution in [3.63, 3.8) is 0 Å². The van der Waals surface area contributed by atoms with Crippen molar-refractivity contribution >= 4 is 63.4 Å². The predicted molar refractivity (Wildman–Crippen MR) is 119 cm³/mol. The van der Waals surface area contributed by atoms with Crippen LogP contribution in [0.5, 0.6) is 5.75 Å². The monoisotopic (exact) mass is 448 g/mol. The van der Waals surface area contributed by atoms with Gasteiger partial charge in [-0.3, -0.25) is 5.32 Å². The van der Waals surface area contributed by atoms with Gasteiger partial charge >= 0.3 is 6.03 Å². The van der Waals surface area contributed by atoms with Gasteiger partial charge in [0, 0.05) is 27.9 Å². The van der Waals surface area contributed by atoms with E-state index in [1.165, 1.54) is 11.3 Å². The molecule has 150 valence electrons. The Morgan fingerprint density at radius 1 is 1.21 bits per heavy atom. The van der Waals surface area contributed by atoms with Crippen molar-refractivity contribution in [1.29, 1.82) is 0 Å². The lowest BCUT2D eigenvalue weighted by molar-refractivity contribution is 0.262. The number of phenols is 1. The third kappa shape index (κ3) is 3.73. The van der Waals surface area contributed by atoms with Crippen molar-refractivity contribution < 1.29 is 9.90 Å². The second-order valence-corrected chi connectivity index (χ2v) is 9.19. The topological polar surface area (TPSA) is 77.5 Å². The molecule has 0 aliphatic carbocycles. The number of thiazole rings is 1. The van der Waals surface area contributed by atoms with Crippen molar-refractivity contribution in [3.8, 4) is 5.75 Å². The molecule has 0 unspecified atom stereocenters. The summed E-state index contributed by atoms with van der Waals surface area (Å²) >= 11 is 13.5. The van der Waals surface area contributed by atoms with Crippen LogP contribution in [0.4, 0.5) is 27.7 Å². The quantitative estimate of drug-likeness (QED) is 0.443. The second kappa shape index (κ2) is 7.40. The Kier molecular flexibility index (Phi) is 5.06. The van der Waals surface area contributed by atoms with Crippen molar-refractivity contribution in [2.75, 3.05) is 22.1 Å². The van der Waals surface area contributed by atoms with E-state index in [1.807, 2.05) is 23.1 Å². The first-order valence-corrected chi connectivity index (χ1v) is 10.5. The summed E-state index contributed by atoms with van der Waals surface area (Å²) in [4.78, 5) is 18.5. The first kappa shape index (κ1) is 19.8. The number of aromatic hydroxyl groups is 1. The van der Waals surface area contributed by atoms with Crippen molar-refractivity contribution in [2.45, 2.75) is 19.3 Å². The Labute approximate surface area is 182 Å². The van der Waals surface area contributed by atoms with E-state index in [2.05, 4.69) is 29.5 Å². The fourth-order valence-corrected chi connectivity index (χ4v) is 4.73. The largest absolute Gasteiger partial charge is 0.506 e. The van der Waals surface area contributed by atoms with Crippen LogP contribution in [0.3, 0.4) is 0 Å². The van der Waals surface area contributed by atoms with Gasteiger partial charge in [-0.1, -0.05) is 49.2 Å². The summed E-state index contributed by atoms with van der Waals surface area (Å²) in [6.45, 7) is 4.75. The molecule has 0 radical (unpaired) electrons. The zero-order valence-electron chi connectivity index (χ0n) is 15.7. The SMILES string of the molecule is CC1(C)CN(c2ccccc2NC(=O)Nc2csc(Cl)n2)c2c(O)ccc(Cl)c21. The maximum absolute atomic E-state index is 12.5. The summed E-state index contributed by atoms with van der Waals surface area (Å²) in [7, 11) is 0. The molecule has 0 bridgehead atoms. The number of urea groups is 1. The standard InChI is InChI=1S/C20H18Cl2N4O2S/c1-20(2)10-26(17-14(27)8-7-11(21)16(17)20)13-6-4-3-5-12(13)23-19(28)25-15-9-29-18(22)24-15/h3-9,27H,10H2,1-2H3,(H2,23,25,28). The van der Waals surface area contributed by atoms with Gasteiger partial charge in [0.1, 0.15) is 11.6 Å². The number of carbonyl (C=O) groups is 1. The lowest BCUT2D eigenvalue weighted by Gasteiger charge is -2.25. The van der Waals surface area contributed by atoms with Gasteiger partial charge in [0.05, 0.1) is 17.1 Å². The number of para-hydroxylation sites is 2. The number of rotatable bonds is 3. The number of hydrogen-bond acceptors (Lipinski definition) is 5. The van der Waals surface area contributed by atoms with Crippen LogP contribution < -0.4 is 15.5 Å². The minimum Gasteiger partial charge on any atom is -0.506 e. The number of amides is 2. The highest BCUT2D eigenvalue weighted by atomic mass is 35.5. The normalized spacial score (nSPS) is 14.6. The number of hydrogen-bond donors (Lipinski definition) is 3. The summed E-state index contributed by atoms with van der Waals surface area (Å²) in [6, 6.07) is 10.3. The van der Waals surface area contributed by atoms with Crippen molar-refractivity contribution in [2.24, 2.45) is 0 Å². The number of nitrogens with one attached hydrogen (secondary N) is 2. The van der Waals surface area contributed by atoms with Crippen LogP contribution in [0.25, 0.3) is 0 Å². The molecular weight excluding hydrogens is 431 g/mol. The number of anilines is 4. The Balaban J connectivity index is 1.68. The summed E-state index contributed by atoms with van der Waals surface area (Å²) in [5.41, 5.74) is 2.61. The minimum absolute atomic E-state index is 0.145. The highest BCUT2D eigenvalue weighted by molar-refractivity contribution is 7.14. The third-order valence-electron chi connectivity index (χ3n) is 4.77.